The van der Waals surface area contributed by atoms with E-state index in [0.717, 1.165) is 38.5 Å². The van der Waals surface area contributed by atoms with Gasteiger partial charge in [-0.15, -0.1) is 0 Å². The van der Waals surface area contributed by atoms with E-state index in [4.69, 9.17) is 0 Å². The Bertz CT molecular complexity index is 737. The molecule has 0 saturated carbocycles. The summed E-state index contributed by atoms with van der Waals surface area (Å²) in [6.45, 7) is 9.81. The summed E-state index contributed by atoms with van der Waals surface area (Å²) < 4.78 is 0. The van der Waals surface area contributed by atoms with Crippen molar-refractivity contribution in [3.63, 3.8) is 0 Å². The van der Waals surface area contributed by atoms with Crippen molar-refractivity contribution in [2.24, 2.45) is 11.8 Å². The van der Waals surface area contributed by atoms with Crippen LogP contribution in [0.5, 0.6) is 0 Å². The van der Waals surface area contributed by atoms with Crippen molar-refractivity contribution in [3.05, 3.63) is 0 Å². The van der Waals surface area contributed by atoms with Crippen molar-refractivity contribution in [2.75, 3.05) is 19.6 Å². The van der Waals surface area contributed by atoms with Crippen molar-refractivity contribution in [2.45, 2.75) is 110 Å². The van der Waals surface area contributed by atoms with Gasteiger partial charge in [0, 0.05) is 32.0 Å². The number of rotatable bonds is 8. The Kier molecular flexibility index (Phi) is 8.94. The van der Waals surface area contributed by atoms with Crippen LogP contribution >= 0.6 is 0 Å². The number of Topliss-reactive ketones (excluding diaryl/α,β-unsaturated/α-hetero) is 1. The topological polar surface area (TPSA) is 78.0 Å². The Morgan fingerprint density at radius 1 is 0.727 bits per heavy atom. The predicted octanol–water partition coefficient (Wildman–Crippen LogP) is 3.40. The summed E-state index contributed by atoms with van der Waals surface area (Å²) >= 11 is 0. The summed E-state index contributed by atoms with van der Waals surface area (Å²) in [5.41, 5.74) is 0. The molecular weight excluding hydrogens is 418 g/mol. The van der Waals surface area contributed by atoms with Crippen molar-refractivity contribution in [3.8, 4) is 0 Å². The van der Waals surface area contributed by atoms with Crippen LogP contribution in [0.1, 0.15) is 91.9 Å². The third-order valence-corrected chi connectivity index (χ3v) is 7.91. The lowest BCUT2D eigenvalue weighted by atomic mass is 9.96. The highest BCUT2D eigenvalue weighted by Gasteiger charge is 2.44. The summed E-state index contributed by atoms with van der Waals surface area (Å²) in [6, 6.07) is -1.32. The lowest BCUT2D eigenvalue weighted by molar-refractivity contribution is -0.154. The number of piperidine rings is 1. The molecule has 3 saturated heterocycles. The molecule has 0 radical (unpaired) electrons. The first-order chi connectivity index (χ1) is 15.8. The molecule has 3 aliphatic heterocycles. The molecule has 0 aliphatic carbocycles. The maximum Gasteiger partial charge on any atom is 0.246 e. The molecule has 0 aromatic heterocycles. The van der Waals surface area contributed by atoms with Gasteiger partial charge < -0.3 is 14.7 Å². The molecule has 0 N–H and O–H groups in total. The summed E-state index contributed by atoms with van der Waals surface area (Å²) in [6.07, 6.45) is 7.82. The standard InChI is InChI=1S/C26H43N3O4/c1-5-19(4)13-14-23(30)27-16-9-12-21(27)25(32)29-15-7-6-10-22(29)26(33)28-17-8-11-20(28)24(31)18(2)3/h18-22H,5-17H2,1-4H3. The first-order valence-electron chi connectivity index (χ1n) is 13.2. The molecule has 0 spiro atoms. The molecule has 3 heterocycles. The van der Waals surface area contributed by atoms with Gasteiger partial charge in [0.1, 0.15) is 12.1 Å². The number of carbonyl (C=O) groups is 4. The summed E-state index contributed by atoms with van der Waals surface area (Å²) in [4.78, 5) is 58.1. The highest BCUT2D eigenvalue weighted by molar-refractivity contribution is 5.95. The van der Waals surface area contributed by atoms with Crippen LogP contribution in [0, 0.1) is 11.8 Å². The van der Waals surface area contributed by atoms with Crippen molar-refractivity contribution in [1.29, 1.82) is 0 Å². The molecule has 0 aromatic carbocycles. The first kappa shape index (κ1) is 25.7. The summed E-state index contributed by atoms with van der Waals surface area (Å²) in [5.74, 6) is 0.412. The number of carbonyl (C=O) groups excluding carboxylic acids is 4. The van der Waals surface area contributed by atoms with E-state index in [1.165, 1.54) is 0 Å². The molecule has 3 aliphatic rings. The second-order valence-electron chi connectivity index (χ2n) is 10.6. The molecule has 7 nitrogen and oxygen atoms in total. The third kappa shape index (κ3) is 5.78. The Morgan fingerprint density at radius 2 is 1.24 bits per heavy atom. The maximum atomic E-state index is 13.7. The van der Waals surface area contributed by atoms with Crippen LogP contribution in [0.15, 0.2) is 0 Å². The molecule has 186 valence electrons. The van der Waals surface area contributed by atoms with Crippen molar-refractivity contribution < 1.29 is 19.2 Å². The average molecular weight is 462 g/mol. The number of ketones is 1. The SMILES string of the molecule is CCC(C)CCC(=O)N1CCCC1C(=O)N1CCCCC1C(=O)N1CCCC1C(=O)C(C)C. The number of likely N-dealkylation sites (tertiary alicyclic amines) is 3. The molecule has 0 bridgehead atoms. The minimum absolute atomic E-state index is 0.0631. The zero-order valence-corrected chi connectivity index (χ0v) is 21.1. The minimum Gasteiger partial charge on any atom is -0.331 e. The monoisotopic (exact) mass is 461 g/mol. The van der Waals surface area contributed by atoms with Gasteiger partial charge in [0.05, 0.1) is 6.04 Å². The van der Waals surface area contributed by atoms with Gasteiger partial charge in [0.15, 0.2) is 5.78 Å². The van der Waals surface area contributed by atoms with Crippen LogP contribution in [-0.4, -0.2) is 76.0 Å². The smallest absolute Gasteiger partial charge is 0.246 e. The van der Waals surface area contributed by atoms with Gasteiger partial charge in [-0.25, -0.2) is 0 Å². The largest absolute Gasteiger partial charge is 0.331 e. The van der Waals surface area contributed by atoms with Gasteiger partial charge in [-0.05, 0) is 57.3 Å². The molecule has 0 aromatic rings. The third-order valence-electron chi connectivity index (χ3n) is 7.91. The van der Waals surface area contributed by atoms with Crippen LogP contribution in [0.25, 0.3) is 0 Å². The number of nitrogens with zero attached hydrogens (tertiary/aromatic N) is 3. The minimum atomic E-state index is -0.510. The van der Waals surface area contributed by atoms with Gasteiger partial charge in [0.2, 0.25) is 17.7 Å². The van der Waals surface area contributed by atoms with Crippen LogP contribution < -0.4 is 0 Å². The fraction of sp³-hybridized carbons (Fsp3) is 0.846. The van der Waals surface area contributed by atoms with Crippen LogP contribution in [-0.2, 0) is 19.2 Å². The van der Waals surface area contributed by atoms with E-state index in [2.05, 4.69) is 13.8 Å². The molecule has 3 amide bonds. The van der Waals surface area contributed by atoms with Gasteiger partial charge in [-0.1, -0.05) is 34.1 Å². The first-order valence-corrected chi connectivity index (χ1v) is 13.2. The van der Waals surface area contributed by atoms with Crippen LogP contribution in [0.2, 0.25) is 0 Å². The van der Waals surface area contributed by atoms with Gasteiger partial charge in [0.25, 0.3) is 0 Å². The van der Waals surface area contributed by atoms with E-state index in [9.17, 15) is 19.2 Å². The highest BCUT2D eigenvalue weighted by Crippen LogP contribution is 2.29. The van der Waals surface area contributed by atoms with E-state index in [1.54, 1.807) is 14.7 Å². The number of hydrogen-bond donors (Lipinski definition) is 0. The van der Waals surface area contributed by atoms with Gasteiger partial charge in [-0.3, -0.25) is 19.2 Å². The van der Waals surface area contributed by atoms with Gasteiger partial charge >= 0.3 is 0 Å². The molecule has 4 unspecified atom stereocenters. The molecule has 7 heteroatoms. The normalized spacial score (nSPS) is 26.7. The van der Waals surface area contributed by atoms with E-state index in [0.29, 0.717) is 51.2 Å². The highest BCUT2D eigenvalue weighted by atomic mass is 16.2. The molecule has 33 heavy (non-hydrogen) atoms. The molecule has 4 atom stereocenters. The van der Waals surface area contributed by atoms with Crippen molar-refractivity contribution >= 4 is 23.5 Å². The maximum absolute atomic E-state index is 13.7. The van der Waals surface area contributed by atoms with Gasteiger partial charge in [-0.2, -0.15) is 0 Å². The Balaban J connectivity index is 1.71. The second-order valence-corrected chi connectivity index (χ2v) is 10.6. The van der Waals surface area contributed by atoms with Crippen molar-refractivity contribution in [1.82, 2.24) is 14.7 Å². The fourth-order valence-electron chi connectivity index (χ4n) is 5.59. The van der Waals surface area contributed by atoms with E-state index in [-0.39, 0.29) is 35.5 Å². The molecule has 3 fully saturated rings. The Labute approximate surface area is 199 Å². The van der Waals surface area contributed by atoms with Crippen LogP contribution in [0.3, 0.4) is 0 Å². The number of amides is 3. The number of hydrogen-bond acceptors (Lipinski definition) is 4. The zero-order chi connectivity index (χ0) is 24.1. The summed E-state index contributed by atoms with van der Waals surface area (Å²) in [7, 11) is 0. The lowest BCUT2D eigenvalue weighted by Crippen LogP contribution is -2.58. The van der Waals surface area contributed by atoms with E-state index in [1.807, 2.05) is 13.8 Å². The Hall–Kier alpha value is -1.92. The quantitative estimate of drug-likeness (QED) is 0.555. The van der Waals surface area contributed by atoms with Crippen LogP contribution in [0.4, 0.5) is 0 Å². The molecular formula is C26H43N3O4. The van der Waals surface area contributed by atoms with E-state index >= 15 is 0 Å². The second kappa shape index (κ2) is 11.5. The Morgan fingerprint density at radius 3 is 1.88 bits per heavy atom. The average Bonchev–Trinajstić information content (AvgIpc) is 3.50. The zero-order valence-electron chi connectivity index (χ0n) is 21.1. The molecule has 3 rings (SSSR count). The fourth-order valence-corrected chi connectivity index (χ4v) is 5.59. The lowest BCUT2D eigenvalue weighted by Gasteiger charge is -2.40. The summed E-state index contributed by atoms with van der Waals surface area (Å²) in [5, 5.41) is 0. The van der Waals surface area contributed by atoms with E-state index < -0.39 is 12.1 Å². The predicted molar refractivity (Wildman–Crippen MR) is 127 cm³/mol.